The number of urea groups is 1. The second-order valence-corrected chi connectivity index (χ2v) is 5.59. The van der Waals surface area contributed by atoms with Gasteiger partial charge in [0, 0.05) is 0 Å². The Kier molecular flexibility index (Phi) is 4.38. The van der Waals surface area contributed by atoms with E-state index >= 15 is 0 Å². The number of hydrogen-bond donors (Lipinski definition) is 2. The lowest BCUT2D eigenvalue weighted by Gasteiger charge is -2.30. The van der Waals surface area contributed by atoms with Crippen molar-refractivity contribution in [1.82, 2.24) is 5.32 Å². The standard InChI is InChI=1S/C18H16N2O5/c1-25-14-8-4-12(5-9-14)20-17(23)15(16(22)19-18(20)24)10-11-2-6-13(21)7-3-11/h2-9,15,21H,10H2,1H3,(H,19,22,24). The Bertz CT molecular complexity index is 814. The Hall–Kier alpha value is -3.35. The summed E-state index contributed by atoms with van der Waals surface area (Å²) in [4.78, 5) is 37.9. The van der Waals surface area contributed by atoms with Gasteiger partial charge >= 0.3 is 6.03 Å². The normalized spacial score (nSPS) is 17.4. The largest absolute Gasteiger partial charge is 0.508 e. The Balaban J connectivity index is 1.86. The predicted octanol–water partition coefficient (Wildman–Crippen LogP) is 1.84. The molecule has 7 nitrogen and oxygen atoms in total. The van der Waals surface area contributed by atoms with Crippen molar-refractivity contribution in [3.8, 4) is 11.5 Å². The number of imide groups is 2. The zero-order valence-corrected chi connectivity index (χ0v) is 13.4. The fourth-order valence-corrected chi connectivity index (χ4v) is 2.64. The number of ether oxygens (including phenoxy) is 1. The zero-order valence-electron chi connectivity index (χ0n) is 13.4. The summed E-state index contributed by atoms with van der Waals surface area (Å²) >= 11 is 0. The van der Waals surface area contributed by atoms with Crippen LogP contribution < -0.4 is 15.0 Å². The second-order valence-electron chi connectivity index (χ2n) is 5.59. The minimum Gasteiger partial charge on any atom is -0.508 e. The molecule has 2 aromatic carbocycles. The van der Waals surface area contributed by atoms with Crippen molar-refractivity contribution in [2.24, 2.45) is 5.92 Å². The maximum atomic E-state index is 12.7. The molecule has 0 aliphatic carbocycles. The molecule has 0 radical (unpaired) electrons. The van der Waals surface area contributed by atoms with E-state index in [1.54, 1.807) is 36.4 Å². The number of amides is 4. The third kappa shape index (κ3) is 3.30. The van der Waals surface area contributed by atoms with E-state index in [0.29, 0.717) is 17.0 Å². The molecule has 25 heavy (non-hydrogen) atoms. The van der Waals surface area contributed by atoms with Gasteiger partial charge in [0.2, 0.25) is 11.8 Å². The first-order valence-electron chi connectivity index (χ1n) is 7.60. The van der Waals surface area contributed by atoms with Crippen molar-refractivity contribution in [3.05, 3.63) is 54.1 Å². The Labute approximate surface area is 143 Å². The summed E-state index contributed by atoms with van der Waals surface area (Å²) in [6, 6.07) is 11.8. The van der Waals surface area contributed by atoms with Crippen molar-refractivity contribution in [3.63, 3.8) is 0 Å². The molecule has 1 atom stereocenters. The molecule has 0 bridgehead atoms. The highest BCUT2D eigenvalue weighted by Gasteiger charge is 2.41. The van der Waals surface area contributed by atoms with Gasteiger partial charge in [-0.15, -0.1) is 0 Å². The molecule has 1 fully saturated rings. The molecule has 1 aliphatic rings. The van der Waals surface area contributed by atoms with Crippen LogP contribution in [0.3, 0.4) is 0 Å². The first-order valence-corrected chi connectivity index (χ1v) is 7.60. The SMILES string of the molecule is COc1ccc(N2C(=O)NC(=O)C(Cc3ccc(O)cc3)C2=O)cc1. The number of anilines is 1. The van der Waals surface area contributed by atoms with Crippen LogP contribution in [0, 0.1) is 5.92 Å². The van der Waals surface area contributed by atoms with Gasteiger partial charge in [0.25, 0.3) is 0 Å². The summed E-state index contributed by atoms with van der Waals surface area (Å²) in [7, 11) is 1.51. The van der Waals surface area contributed by atoms with Crippen molar-refractivity contribution < 1.29 is 24.2 Å². The topological polar surface area (TPSA) is 95.9 Å². The highest BCUT2D eigenvalue weighted by molar-refractivity contribution is 6.27. The van der Waals surface area contributed by atoms with Crippen LogP contribution in [0.4, 0.5) is 10.5 Å². The number of nitrogens with one attached hydrogen (secondary N) is 1. The van der Waals surface area contributed by atoms with Crippen molar-refractivity contribution in [2.75, 3.05) is 12.0 Å². The molecule has 2 aromatic rings. The molecule has 0 aromatic heterocycles. The van der Waals surface area contributed by atoms with Gasteiger partial charge in [-0.1, -0.05) is 12.1 Å². The summed E-state index contributed by atoms with van der Waals surface area (Å²) in [5, 5.41) is 11.5. The van der Waals surface area contributed by atoms with Gasteiger partial charge < -0.3 is 9.84 Å². The Morgan fingerprint density at radius 1 is 1.04 bits per heavy atom. The van der Waals surface area contributed by atoms with Crippen LogP contribution in [0.15, 0.2) is 48.5 Å². The number of methoxy groups -OCH3 is 1. The molecule has 128 valence electrons. The highest BCUT2D eigenvalue weighted by Crippen LogP contribution is 2.25. The number of rotatable bonds is 4. The molecular weight excluding hydrogens is 324 g/mol. The quantitative estimate of drug-likeness (QED) is 0.828. The Morgan fingerprint density at radius 2 is 1.68 bits per heavy atom. The van der Waals surface area contributed by atoms with Gasteiger partial charge in [0.15, 0.2) is 0 Å². The number of carbonyl (C=O) groups is 3. The van der Waals surface area contributed by atoms with Crippen LogP contribution in [0.2, 0.25) is 0 Å². The average molecular weight is 340 g/mol. The second kappa shape index (κ2) is 6.64. The number of nitrogens with zero attached hydrogens (tertiary/aromatic N) is 1. The lowest BCUT2D eigenvalue weighted by atomic mass is 9.95. The minimum atomic E-state index is -1.02. The van der Waals surface area contributed by atoms with Crippen LogP contribution in [-0.4, -0.2) is 30.1 Å². The summed E-state index contributed by atoms with van der Waals surface area (Å²) in [6.45, 7) is 0. The molecule has 3 rings (SSSR count). The number of hydrogen-bond acceptors (Lipinski definition) is 5. The lowest BCUT2D eigenvalue weighted by Crippen LogP contribution is -2.58. The molecule has 0 spiro atoms. The third-order valence-electron chi connectivity index (χ3n) is 3.97. The van der Waals surface area contributed by atoms with Gasteiger partial charge in [-0.3, -0.25) is 14.9 Å². The monoisotopic (exact) mass is 340 g/mol. The summed E-state index contributed by atoms with van der Waals surface area (Å²) < 4.78 is 5.06. The van der Waals surface area contributed by atoms with E-state index in [4.69, 9.17) is 4.74 Å². The number of aromatic hydroxyl groups is 1. The zero-order chi connectivity index (χ0) is 18.0. The van der Waals surface area contributed by atoms with Crippen LogP contribution in [0.1, 0.15) is 5.56 Å². The molecular formula is C18H16N2O5. The Morgan fingerprint density at radius 3 is 2.28 bits per heavy atom. The first-order chi connectivity index (χ1) is 12.0. The maximum Gasteiger partial charge on any atom is 0.335 e. The number of carbonyl (C=O) groups excluding carboxylic acids is 3. The van der Waals surface area contributed by atoms with E-state index in [1.165, 1.54) is 19.2 Å². The summed E-state index contributed by atoms with van der Waals surface area (Å²) in [6.07, 6.45) is 0.130. The number of barbiturate groups is 1. The van der Waals surface area contributed by atoms with E-state index in [-0.39, 0.29) is 12.2 Å². The van der Waals surface area contributed by atoms with Gasteiger partial charge in [0.1, 0.15) is 17.4 Å². The molecule has 2 N–H and O–H groups in total. The smallest absolute Gasteiger partial charge is 0.335 e. The fourth-order valence-electron chi connectivity index (χ4n) is 2.64. The van der Waals surface area contributed by atoms with E-state index in [9.17, 15) is 19.5 Å². The predicted molar refractivity (Wildman–Crippen MR) is 89.3 cm³/mol. The van der Waals surface area contributed by atoms with E-state index in [1.807, 2.05) is 0 Å². The number of phenolic OH excluding ortho intramolecular Hbond substituents is 1. The molecule has 1 heterocycles. The third-order valence-corrected chi connectivity index (χ3v) is 3.97. The van der Waals surface area contributed by atoms with Crippen LogP contribution in [0.25, 0.3) is 0 Å². The molecule has 1 saturated heterocycles. The highest BCUT2D eigenvalue weighted by atomic mass is 16.5. The molecule has 7 heteroatoms. The lowest BCUT2D eigenvalue weighted by molar-refractivity contribution is -0.134. The first kappa shape index (κ1) is 16.5. The van der Waals surface area contributed by atoms with Gasteiger partial charge in [-0.25, -0.2) is 9.69 Å². The minimum absolute atomic E-state index is 0.0956. The van der Waals surface area contributed by atoms with E-state index < -0.39 is 23.8 Å². The van der Waals surface area contributed by atoms with Crippen molar-refractivity contribution >= 4 is 23.5 Å². The van der Waals surface area contributed by atoms with E-state index in [0.717, 1.165) is 4.90 Å². The van der Waals surface area contributed by atoms with Crippen molar-refractivity contribution in [1.29, 1.82) is 0 Å². The fraction of sp³-hybridized carbons (Fsp3) is 0.167. The van der Waals surface area contributed by atoms with Gasteiger partial charge in [-0.05, 0) is 48.4 Å². The van der Waals surface area contributed by atoms with Crippen LogP contribution in [0.5, 0.6) is 11.5 Å². The molecule has 0 saturated carbocycles. The van der Waals surface area contributed by atoms with Crippen molar-refractivity contribution in [2.45, 2.75) is 6.42 Å². The molecule has 4 amide bonds. The molecule has 1 unspecified atom stereocenters. The summed E-state index contributed by atoms with van der Waals surface area (Å²) in [5.41, 5.74) is 1.06. The van der Waals surface area contributed by atoms with Crippen LogP contribution in [-0.2, 0) is 16.0 Å². The number of benzene rings is 2. The maximum absolute atomic E-state index is 12.7. The molecule has 1 aliphatic heterocycles. The van der Waals surface area contributed by atoms with E-state index in [2.05, 4.69) is 5.32 Å². The van der Waals surface area contributed by atoms with Gasteiger partial charge in [-0.2, -0.15) is 0 Å². The summed E-state index contributed by atoms with van der Waals surface area (Å²) in [5.74, 6) is -1.56. The van der Waals surface area contributed by atoms with Gasteiger partial charge in [0.05, 0.1) is 12.8 Å². The average Bonchev–Trinajstić information content (AvgIpc) is 2.60. The number of phenols is 1. The van der Waals surface area contributed by atoms with Crippen LogP contribution >= 0.6 is 0 Å².